The van der Waals surface area contributed by atoms with Gasteiger partial charge in [-0.15, -0.1) is 11.3 Å². The molecule has 0 saturated carbocycles. The SMILES string of the molecule is CC(C)(C)OC(=O)CN1CCN(c2ccc(-c3ccc4c(c3)C(=O)N(C(C(=O)Nc3nccs3)c3ccccc3)C4)cc2)CC1. The number of benzene rings is 3. The number of esters is 1. The minimum absolute atomic E-state index is 0.170. The number of carbonyl (C=O) groups is 3. The lowest BCUT2D eigenvalue weighted by Crippen LogP contribution is -2.48. The van der Waals surface area contributed by atoms with E-state index < -0.39 is 11.6 Å². The minimum Gasteiger partial charge on any atom is -0.459 e. The summed E-state index contributed by atoms with van der Waals surface area (Å²) in [6.45, 7) is 9.53. The van der Waals surface area contributed by atoms with Crippen LogP contribution in [-0.2, 0) is 20.9 Å². The Morgan fingerprint density at radius 1 is 0.956 bits per heavy atom. The molecule has 2 aliphatic rings. The molecule has 0 bridgehead atoms. The number of thiazole rings is 1. The van der Waals surface area contributed by atoms with Crippen LogP contribution in [0, 0.1) is 0 Å². The number of carbonyl (C=O) groups excluding carboxylic acids is 3. The maximum Gasteiger partial charge on any atom is 0.320 e. The normalized spacial score (nSPS) is 15.9. The molecule has 0 radical (unpaired) electrons. The monoisotopic (exact) mass is 623 g/mol. The van der Waals surface area contributed by atoms with Gasteiger partial charge in [0.2, 0.25) is 0 Å². The van der Waals surface area contributed by atoms with Gasteiger partial charge in [0.1, 0.15) is 11.6 Å². The second-order valence-electron chi connectivity index (χ2n) is 12.3. The molecule has 232 valence electrons. The number of nitrogens with one attached hydrogen (secondary N) is 1. The van der Waals surface area contributed by atoms with Gasteiger partial charge in [-0.2, -0.15) is 0 Å². The number of piperazine rings is 1. The summed E-state index contributed by atoms with van der Waals surface area (Å²) in [5.41, 5.74) is 4.85. The van der Waals surface area contributed by atoms with Crippen molar-refractivity contribution in [2.75, 3.05) is 42.9 Å². The maximum absolute atomic E-state index is 13.8. The van der Waals surface area contributed by atoms with E-state index in [1.54, 1.807) is 16.5 Å². The zero-order valence-corrected chi connectivity index (χ0v) is 26.5. The van der Waals surface area contributed by atoms with E-state index in [0.717, 1.165) is 54.1 Å². The van der Waals surface area contributed by atoms with Crippen LogP contribution in [0.1, 0.15) is 48.3 Å². The summed E-state index contributed by atoms with van der Waals surface area (Å²) in [7, 11) is 0. The molecule has 3 heterocycles. The summed E-state index contributed by atoms with van der Waals surface area (Å²) in [5, 5.41) is 5.18. The molecule has 1 unspecified atom stereocenters. The molecular weight excluding hydrogens is 586 g/mol. The van der Waals surface area contributed by atoms with Crippen LogP contribution in [0.5, 0.6) is 0 Å². The first-order chi connectivity index (χ1) is 21.6. The van der Waals surface area contributed by atoms with Crippen LogP contribution in [0.2, 0.25) is 0 Å². The predicted octanol–water partition coefficient (Wildman–Crippen LogP) is 5.61. The van der Waals surface area contributed by atoms with Crippen molar-refractivity contribution in [3.8, 4) is 11.1 Å². The van der Waals surface area contributed by atoms with Gasteiger partial charge < -0.3 is 14.5 Å². The van der Waals surface area contributed by atoms with Crippen LogP contribution in [0.25, 0.3) is 11.1 Å². The number of aromatic nitrogens is 1. The Morgan fingerprint density at radius 3 is 2.33 bits per heavy atom. The predicted molar refractivity (Wildman–Crippen MR) is 176 cm³/mol. The molecule has 45 heavy (non-hydrogen) atoms. The average Bonchev–Trinajstić information content (AvgIpc) is 3.65. The van der Waals surface area contributed by atoms with Crippen molar-refractivity contribution in [1.82, 2.24) is 14.8 Å². The molecule has 1 aromatic heterocycles. The highest BCUT2D eigenvalue weighted by Gasteiger charge is 2.38. The number of rotatable bonds is 8. The van der Waals surface area contributed by atoms with Crippen molar-refractivity contribution in [3.05, 3.63) is 101 Å². The number of anilines is 2. The van der Waals surface area contributed by atoms with E-state index in [1.165, 1.54) is 11.3 Å². The van der Waals surface area contributed by atoms with E-state index >= 15 is 0 Å². The molecule has 0 aliphatic carbocycles. The van der Waals surface area contributed by atoms with Gasteiger partial charge in [-0.05, 0) is 61.2 Å². The second kappa shape index (κ2) is 12.8. The lowest BCUT2D eigenvalue weighted by molar-refractivity contribution is -0.156. The van der Waals surface area contributed by atoms with Gasteiger partial charge in [-0.3, -0.25) is 24.6 Å². The zero-order chi connectivity index (χ0) is 31.6. The summed E-state index contributed by atoms with van der Waals surface area (Å²) in [4.78, 5) is 49.8. The Balaban J connectivity index is 1.13. The van der Waals surface area contributed by atoms with Crippen molar-refractivity contribution in [2.45, 2.75) is 39.0 Å². The number of nitrogens with zero attached hydrogens (tertiary/aromatic N) is 4. The fourth-order valence-corrected chi connectivity index (χ4v) is 6.40. The number of fused-ring (bicyclic) bond motifs is 1. The van der Waals surface area contributed by atoms with Crippen molar-refractivity contribution >= 4 is 39.9 Å². The van der Waals surface area contributed by atoms with Crippen LogP contribution in [0.3, 0.4) is 0 Å². The molecule has 10 heteroatoms. The minimum atomic E-state index is -0.790. The summed E-state index contributed by atoms with van der Waals surface area (Å²) in [6.07, 6.45) is 1.64. The maximum atomic E-state index is 13.8. The topological polar surface area (TPSA) is 95.1 Å². The highest BCUT2D eigenvalue weighted by molar-refractivity contribution is 7.13. The van der Waals surface area contributed by atoms with E-state index in [9.17, 15) is 14.4 Å². The van der Waals surface area contributed by atoms with Gasteiger partial charge in [-0.25, -0.2) is 4.98 Å². The van der Waals surface area contributed by atoms with Gasteiger partial charge in [-0.1, -0.05) is 54.6 Å². The second-order valence-corrected chi connectivity index (χ2v) is 13.2. The number of ether oxygens (including phenoxy) is 1. The van der Waals surface area contributed by atoms with Gasteiger partial charge in [0.15, 0.2) is 5.13 Å². The lowest BCUT2D eigenvalue weighted by Gasteiger charge is -2.36. The molecule has 4 aromatic rings. The third kappa shape index (κ3) is 7.08. The fourth-order valence-electron chi connectivity index (χ4n) is 5.86. The Bertz CT molecular complexity index is 1660. The highest BCUT2D eigenvalue weighted by atomic mass is 32.1. The molecule has 9 nitrogen and oxygen atoms in total. The van der Waals surface area contributed by atoms with Gasteiger partial charge >= 0.3 is 5.97 Å². The van der Waals surface area contributed by atoms with Crippen molar-refractivity contribution in [2.24, 2.45) is 0 Å². The number of hydrogen-bond donors (Lipinski definition) is 1. The first-order valence-electron chi connectivity index (χ1n) is 15.1. The number of amides is 2. The van der Waals surface area contributed by atoms with E-state index in [1.807, 2.05) is 69.3 Å². The van der Waals surface area contributed by atoms with Crippen LogP contribution in [-0.4, -0.2) is 70.9 Å². The molecule has 2 amide bonds. The van der Waals surface area contributed by atoms with Gasteiger partial charge in [0.05, 0.1) is 6.54 Å². The van der Waals surface area contributed by atoms with Crippen LogP contribution >= 0.6 is 11.3 Å². The van der Waals surface area contributed by atoms with Crippen LogP contribution < -0.4 is 10.2 Å². The third-order valence-electron chi connectivity index (χ3n) is 7.99. The molecule has 1 atom stereocenters. The van der Waals surface area contributed by atoms with E-state index in [4.69, 9.17) is 4.74 Å². The molecule has 1 fully saturated rings. The quantitative estimate of drug-likeness (QED) is 0.255. The Morgan fingerprint density at radius 2 is 1.67 bits per heavy atom. The van der Waals surface area contributed by atoms with Gasteiger partial charge in [0, 0.05) is 55.6 Å². The van der Waals surface area contributed by atoms with Crippen LogP contribution in [0.4, 0.5) is 10.8 Å². The molecule has 0 spiro atoms. The standard InChI is InChI=1S/C35H37N5O4S/c1-35(2,3)44-30(41)23-38-16-18-39(19-17-38)28-13-11-24(12-14-28)26-9-10-27-22-40(33(43)29(27)21-26)31(25-7-5-4-6-8-25)32(42)37-34-36-15-20-45-34/h4-15,20-21,31H,16-19,22-23H2,1-3H3,(H,36,37,42). The third-order valence-corrected chi connectivity index (χ3v) is 8.68. The summed E-state index contributed by atoms with van der Waals surface area (Å²) in [6, 6.07) is 22.9. The van der Waals surface area contributed by atoms with Crippen molar-refractivity contribution in [1.29, 1.82) is 0 Å². The summed E-state index contributed by atoms with van der Waals surface area (Å²) >= 11 is 1.34. The first-order valence-corrected chi connectivity index (χ1v) is 16.0. The van der Waals surface area contributed by atoms with Crippen molar-refractivity contribution < 1.29 is 19.1 Å². The smallest absolute Gasteiger partial charge is 0.320 e. The van der Waals surface area contributed by atoms with E-state index in [0.29, 0.717) is 23.8 Å². The average molecular weight is 624 g/mol. The molecule has 3 aromatic carbocycles. The largest absolute Gasteiger partial charge is 0.459 e. The first kappa shape index (κ1) is 30.5. The Labute approximate surface area is 267 Å². The molecular formula is C35H37N5O4S. The Hall–Kier alpha value is -4.54. The zero-order valence-electron chi connectivity index (χ0n) is 25.7. The summed E-state index contributed by atoms with van der Waals surface area (Å²) < 4.78 is 5.47. The molecule has 1 N–H and O–H groups in total. The number of hydrogen-bond acceptors (Lipinski definition) is 8. The Kier molecular flexibility index (Phi) is 8.69. The van der Waals surface area contributed by atoms with E-state index in [-0.39, 0.29) is 17.8 Å². The summed E-state index contributed by atoms with van der Waals surface area (Å²) in [5.74, 6) is -0.652. The molecule has 1 saturated heterocycles. The molecule has 6 rings (SSSR count). The lowest BCUT2D eigenvalue weighted by atomic mass is 10.00. The molecule has 2 aliphatic heterocycles. The fraction of sp³-hybridized carbons (Fsp3) is 0.314. The van der Waals surface area contributed by atoms with E-state index in [2.05, 4.69) is 44.4 Å². The van der Waals surface area contributed by atoms with Crippen LogP contribution in [0.15, 0.2) is 84.4 Å². The van der Waals surface area contributed by atoms with Gasteiger partial charge in [0.25, 0.3) is 11.8 Å². The highest BCUT2D eigenvalue weighted by Crippen LogP contribution is 2.35. The van der Waals surface area contributed by atoms with Crippen molar-refractivity contribution in [3.63, 3.8) is 0 Å².